The Morgan fingerprint density at radius 1 is 1.32 bits per heavy atom. The molecule has 31 heavy (non-hydrogen) atoms. The van der Waals surface area contributed by atoms with Gasteiger partial charge >= 0.3 is 0 Å². The van der Waals surface area contributed by atoms with Gasteiger partial charge in [0, 0.05) is 22.7 Å². The molecule has 2 aliphatic heterocycles. The molecule has 0 saturated heterocycles. The van der Waals surface area contributed by atoms with E-state index in [1.165, 1.54) is 11.3 Å². The largest absolute Gasteiger partial charge is 0.365 e. The van der Waals surface area contributed by atoms with E-state index in [0.29, 0.717) is 28.0 Å². The Kier molecular flexibility index (Phi) is 5.72. The van der Waals surface area contributed by atoms with Crippen molar-refractivity contribution in [1.29, 1.82) is 0 Å². The summed E-state index contributed by atoms with van der Waals surface area (Å²) in [5.74, 6) is 0.0538. The molecule has 1 aromatic heterocycles. The quantitative estimate of drug-likeness (QED) is 0.639. The zero-order valence-electron chi connectivity index (χ0n) is 17.4. The molecule has 4 rings (SSSR count). The lowest BCUT2D eigenvalue weighted by atomic mass is 9.99. The van der Waals surface area contributed by atoms with Crippen LogP contribution in [0.25, 0.3) is 0 Å². The van der Waals surface area contributed by atoms with Gasteiger partial charge in [-0.3, -0.25) is 24.9 Å². The van der Waals surface area contributed by atoms with Crippen LogP contribution in [0.2, 0.25) is 5.02 Å². The Balaban J connectivity index is 1.95. The van der Waals surface area contributed by atoms with Crippen molar-refractivity contribution in [2.45, 2.75) is 39.4 Å². The van der Waals surface area contributed by atoms with Crippen LogP contribution < -0.4 is 21.4 Å². The normalized spacial score (nSPS) is 19.5. The lowest BCUT2D eigenvalue weighted by Crippen LogP contribution is -2.42. The molecule has 0 aliphatic carbocycles. The Hall–Kier alpha value is -2.91. The molecule has 2 amide bonds. The molecule has 0 fully saturated rings. The zero-order chi connectivity index (χ0) is 22.3. The first-order chi connectivity index (χ1) is 14.8. The van der Waals surface area contributed by atoms with E-state index in [0.717, 1.165) is 21.7 Å². The highest BCUT2D eigenvalue weighted by atomic mass is 35.5. The van der Waals surface area contributed by atoms with Crippen molar-refractivity contribution in [3.05, 3.63) is 50.9 Å². The van der Waals surface area contributed by atoms with Gasteiger partial charge in [-0.1, -0.05) is 23.7 Å². The standard InChI is InChI=1S/C21H23ClN6O2S/c1-4-24-15(29)9-14-20-27-26-11(3)28(20)21-16(10(2)18(31-21)19(23)30)17(25-14)12-5-7-13(22)8-6-12/h5-8,11,14,26H,4,9H2,1-3H3,(H2,23,30)(H,24,29). The number of carbonyl (C=O) groups is 2. The third-order valence-corrected chi connectivity index (χ3v) is 6.82. The molecular formula is C21H23ClN6O2S. The van der Waals surface area contributed by atoms with Crippen molar-refractivity contribution in [2.24, 2.45) is 15.8 Å². The van der Waals surface area contributed by atoms with Gasteiger partial charge in [-0.15, -0.1) is 11.3 Å². The summed E-state index contributed by atoms with van der Waals surface area (Å²) in [6.07, 6.45) is -0.00487. The fourth-order valence-electron chi connectivity index (χ4n) is 3.85. The molecule has 0 radical (unpaired) electrons. The molecular weight excluding hydrogens is 436 g/mol. The van der Waals surface area contributed by atoms with Crippen molar-refractivity contribution >= 4 is 51.3 Å². The lowest BCUT2D eigenvalue weighted by molar-refractivity contribution is -0.121. The van der Waals surface area contributed by atoms with Gasteiger partial charge in [-0.2, -0.15) is 5.10 Å². The van der Waals surface area contributed by atoms with Gasteiger partial charge < -0.3 is 11.1 Å². The Bertz CT molecular complexity index is 1110. The third-order valence-electron chi connectivity index (χ3n) is 5.26. The average molecular weight is 459 g/mol. The van der Waals surface area contributed by atoms with Gasteiger partial charge in [0.05, 0.1) is 17.0 Å². The highest BCUT2D eigenvalue weighted by Gasteiger charge is 2.40. The highest BCUT2D eigenvalue weighted by molar-refractivity contribution is 7.19. The Morgan fingerprint density at radius 3 is 2.68 bits per heavy atom. The Morgan fingerprint density at radius 2 is 2.03 bits per heavy atom. The van der Waals surface area contributed by atoms with E-state index in [2.05, 4.69) is 15.8 Å². The molecule has 162 valence electrons. The van der Waals surface area contributed by atoms with Gasteiger partial charge in [-0.25, -0.2) is 0 Å². The predicted octanol–water partition coefficient (Wildman–Crippen LogP) is 2.62. The van der Waals surface area contributed by atoms with Crippen LogP contribution in [0.1, 0.15) is 46.6 Å². The number of nitrogens with two attached hydrogens (primary N) is 1. The fraction of sp³-hybridized carbons (Fsp3) is 0.333. The van der Waals surface area contributed by atoms with Crippen LogP contribution in [-0.2, 0) is 4.79 Å². The number of benzene rings is 1. The van der Waals surface area contributed by atoms with Gasteiger partial charge in [-0.05, 0) is 38.5 Å². The lowest BCUT2D eigenvalue weighted by Gasteiger charge is -2.24. The summed E-state index contributed by atoms with van der Waals surface area (Å²) in [6, 6.07) is 6.86. The summed E-state index contributed by atoms with van der Waals surface area (Å²) in [5.41, 5.74) is 11.8. The smallest absolute Gasteiger partial charge is 0.259 e. The van der Waals surface area contributed by atoms with Crippen LogP contribution in [0.3, 0.4) is 0 Å². The molecule has 2 aromatic rings. The summed E-state index contributed by atoms with van der Waals surface area (Å²) >= 11 is 7.42. The zero-order valence-corrected chi connectivity index (χ0v) is 19.0. The van der Waals surface area contributed by atoms with Crippen LogP contribution in [0, 0.1) is 6.92 Å². The topological polar surface area (TPSA) is 112 Å². The number of nitrogens with zero attached hydrogens (tertiary/aromatic N) is 3. The molecule has 3 heterocycles. The van der Waals surface area contributed by atoms with E-state index < -0.39 is 11.9 Å². The van der Waals surface area contributed by atoms with E-state index in [9.17, 15) is 9.59 Å². The number of hydrogen-bond acceptors (Lipinski definition) is 7. The minimum atomic E-state index is -0.495. The molecule has 0 bridgehead atoms. The van der Waals surface area contributed by atoms with Gasteiger partial charge in [0.2, 0.25) is 5.91 Å². The summed E-state index contributed by atoms with van der Waals surface area (Å²) in [4.78, 5) is 32.1. The number of primary amides is 1. The number of amidine groups is 1. The molecule has 8 nitrogen and oxygen atoms in total. The second kappa shape index (κ2) is 8.32. The summed E-state index contributed by atoms with van der Waals surface area (Å²) < 4.78 is 0. The van der Waals surface area contributed by atoms with E-state index in [-0.39, 0.29) is 18.5 Å². The minimum Gasteiger partial charge on any atom is -0.365 e. The second-order valence-electron chi connectivity index (χ2n) is 7.40. The average Bonchev–Trinajstić information content (AvgIpc) is 3.22. The molecule has 2 atom stereocenters. The number of rotatable bonds is 5. The van der Waals surface area contributed by atoms with E-state index in [1.54, 1.807) is 12.1 Å². The first kappa shape index (κ1) is 21.3. The van der Waals surface area contributed by atoms with Crippen molar-refractivity contribution in [1.82, 2.24) is 10.7 Å². The van der Waals surface area contributed by atoms with Crippen molar-refractivity contribution in [2.75, 3.05) is 11.4 Å². The number of aliphatic imine (C=N–C) groups is 1. The van der Waals surface area contributed by atoms with Crippen molar-refractivity contribution < 1.29 is 9.59 Å². The number of hydrogen-bond donors (Lipinski definition) is 3. The van der Waals surface area contributed by atoms with Crippen LogP contribution in [0.15, 0.2) is 34.4 Å². The molecule has 0 saturated carbocycles. The van der Waals surface area contributed by atoms with Crippen LogP contribution >= 0.6 is 22.9 Å². The number of thiophene rings is 1. The summed E-state index contributed by atoms with van der Waals surface area (Å²) in [7, 11) is 0. The van der Waals surface area contributed by atoms with Gasteiger partial charge in [0.1, 0.15) is 17.2 Å². The molecule has 1 aromatic carbocycles. The molecule has 2 unspecified atom stereocenters. The number of halogens is 1. The SMILES string of the molecule is CCNC(=O)CC1N=C(c2ccc(Cl)cc2)c2c(sc(C(N)=O)c2C)N2C1=NNC2C. The maximum absolute atomic E-state index is 12.5. The number of amides is 2. The first-order valence-corrected chi connectivity index (χ1v) is 11.2. The summed E-state index contributed by atoms with van der Waals surface area (Å²) in [6.45, 7) is 6.26. The van der Waals surface area contributed by atoms with Crippen molar-refractivity contribution in [3.8, 4) is 0 Å². The number of anilines is 1. The minimum absolute atomic E-state index is 0.103. The van der Waals surface area contributed by atoms with Crippen LogP contribution in [-0.4, -0.2) is 42.1 Å². The highest BCUT2D eigenvalue weighted by Crippen LogP contribution is 2.42. The monoisotopic (exact) mass is 458 g/mol. The summed E-state index contributed by atoms with van der Waals surface area (Å²) in [5, 5.41) is 8.77. The van der Waals surface area contributed by atoms with Gasteiger partial charge in [0.15, 0.2) is 5.84 Å². The molecule has 4 N–H and O–H groups in total. The Labute approximate surface area is 189 Å². The van der Waals surface area contributed by atoms with Gasteiger partial charge in [0.25, 0.3) is 5.91 Å². The second-order valence-corrected chi connectivity index (χ2v) is 8.84. The van der Waals surface area contributed by atoms with E-state index >= 15 is 0 Å². The number of hydrazone groups is 1. The molecule has 2 aliphatic rings. The van der Waals surface area contributed by atoms with E-state index in [4.69, 9.17) is 22.3 Å². The van der Waals surface area contributed by atoms with E-state index in [1.807, 2.05) is 37.8 Å². The first-order valence-electron chi connectivity index (χ1n) is 9.98. The van der Waals surface area contributed by atoms with Crippen LogP contribution in [0.4, 0.5) is 5.00 Å². The van der Waals surface area contributed by atoms with Crippen LogP contribution in [0.5, 0.6) is 0 Å². The number of carbonyl (C=O) groups excluding carboxylic acids is 2. The number of fused-ring (bicyclic) bond motifs is 3. The third kappa shape index (κ3) is 3.79. The molecule has 0 spiro atoms. The fourth-order valence-corrected chi connectivity index (χ4v) is 5.23. The number of nitrogens with one attached hydrogen (secondary N) is 2. The van der Waals surface area contributed by atoms with Crippen molar-refractivity contribution in [3.63, 3.8) is 0 Å². The molecule has 10 heteroatoms. The maximum atomic E-state index is 12.5. The predicted molar refractivity (Wildman–Crippen MR) is 124 cm³/mol. The maximum Gasteiger partial charge on any atom is 0.259 e.